The standard InChI is InChI=1S/C18H17Cl2N3O3/c1-2-23-10-12(9-22-23)8-21-18(24)16-7-6-13(26-16)11-25-15-5-3-4-14(19)17(15)20/h3-7,9-10H,2,8,11H2,1H3,(H,21,24). The second-order valence-corrected chi connectivity index (χ2v) is 6.28. The van der Waals surface area contributed by atoms with Gasteiger partial charge in [0.15, 0.2) is 5.76 Å². The lowest BCUT2D eigenvalue weighted by molar-refractivity contribution is 0.0919. The minimum Gasteiger partial charge on any atom is -0.484 e. The van der Waals surface area contributed by atoms with Gasteiger partial charge in [0.05, 0.1) is 11.2 Å². The van der Waals surface area contributed by atoms with E-state index in [4.69, 9.17) is 32.4 Å². The van der Waals surface area contributed by atoms with Crippen LogP contribution in [0.4, 0.5) is 0 Å². The number of nitrogens with one attached hydrogen (secondary N) is 1. The first-order valence-electron chi connectivity index (χ1n) is 8.02. The van der Waals surface area contributed by atoms with E-state index in [1.54, 1.807) is 41.2 Å². The predicted octanol–water partition coefficient (Wildman–Crippen LogP) is 4.31. The second kappa shape index (κ2) is 8.29. The van der Waals surface area contributed by atoms with Crippen molar-refractivity contribution in [3.8, 4) is 5.75 Å². The third kappa shape index (κ3) is 4.39. The molecule has 136 valence electrons. The molecular weight excluding hydrogens is 377 g/mol. The van der Waals surface area contributed by atoms with Crippen molar-refractivity contribution in [2.75, 3.05) is 0 Å². The summed E-state index contributed by atoms with van der Waals surface area (Å²) < 4.78 is 12.9. The highest BCUT2D eigenvalue weighted by atomic mass is 35.5. The fraction of sp³-hybridized carbons (Fsp3) is 0.222. The maximum Gasteiger partial charge on any atom is 0.287 e. The van der Waals surface area contributed by atoms with Crippen LogP contribution in [0.25, 0.3) is 0 Å². The Kier molecular flexibility index (Phi) is 5.85. The van der Waals surface area contributed by atoms with Gasteiger partial charge in [-0.1, -0.05) is 29.3 Å². The molecule has 0 aliphatic heterocycles. The number of carbonyl (C=O) groups excluding carboxylic acids is 1. The SMILES string of the molecule is CCn1cc(CNC(=O)c2ccc(COc3cccc(Cl)c3Cl)o2)cn1. The summed E-state index contributed by atoms with van der Waals surface area (Å²) in [4.78, 5) is 12.2. The normalized spacial score (nSPS) is 10.7. The van der Waals surface area contributed by atoms with Crippen LogP contribution < -0.4 is 10.1 Å². The maximum atomic E-state index is 12.2. The maximum absolute atomic E-state index is 12.2. The van der Waals surface area contributed by atoms with Crippen molar-refractivity contribution in [1.29, 1.82) is 0 Å². The van der Waals surface area contributed by atoms with Gasteiger partial charge in [-0.3, -0.25) is 9.48 Å². The molecule has 0 bridgehead atoms. The van der Waals surface area contributed by atoms with Crippen LogP contribution in [0.15, 0.2) is 47.1 Å². The predicted molar refractivity (Wildman–Crippen MR) is 98.6 cm³/mol. The van der Waals surface area contributed by atoms with E-state index in [0.717, 1.165) is 12.1 Å². The molecule has 3 rings (SSSR count). The molecular formula is C18H17Cl2N3O3. The Morgan fingerprint density at radius 3 is 2.92 bits per heavy atom. The average Bonchev–Trinajstić information content (AvgIpc) is 3.30. The van der Waals surface area contributed by atoms with Crippen LogP contribution in [0.2, 0.25) is 10.0 Å². The van der Waals surface area contributed by atoms with Gasteiger partial charge < -0.3 is 14.5 Å². The average molecular weight is 394 g/mol. The van der Waals surface area contributed by atoms with Crippen LogP contribution in [0.1, 0.15) is 28.8 Å². The van der Waals surface area contributed by atoms with Crippen LogP contribution >= 0.6 is 23.2 Å². The summed E-state index contributed by atoms with van der Waals surface area (Å²) in [6, 6.07) is 8.41. The van der Waals surface area contributed by atoms with Crippen LogP contribution in [-0.2, 0) is 19.7 Å². The van der Waals surface area contributed by atoms with E-state index in [1.807, 2.05) is 13.1 Å². The van der Waals surface area contributed by atoms with Crippen molar-refractivity contribution in [2.24, 2.45) is 0 Å². The van der Waals surface area contributed by atoms with Gasteiger partial charge >= 0.3 is 0 Å². The van der Waals surface area contributed by atoms with Gasteiger partial charge in [0.1, 0.15) is 23.1 Å². The van der Waals surface area contributed by atoms with Gasteiger partial charge in [-0.05, 0) is 31.2 Å². The molecule has 2 aromatic heterocycles. The molecule has 6 nitrogen and oxygen atoms in total. The zero-order chi connectivity index (χ0) is 18.5. The summed E-state index contributed by atoms with van der Waals surface area (Å²) in [5, 5.41) is 7.70. The van der Waals surface area contributed by atoms with E-state index >= 15 is 0 Å². The van der Waals surface area contributed by atoms with Gasteiger partial charge in [-0.15, -0.1) is 0 Å². The molecule has 1 aromatic carbocycles. The molecule has 0 saturated heterocycles. The fourth-order valence-corrected chi connectivity index (χ4v) is 2.61. The largest absolute Gasteiger partial charge is 0.484 e. The van der Waals surface area contributed by atoms with E-state index in [0.29, 0.717) is 28.1 Å². The van der Waals surface area contributed by atoms with Gasteiger partial charge in [0.25, 0.3) is 5.91 Å². The highest BCUT2D eigenvalue weighted by Gasteiger charge is 2.13. The van der Waals surface area contributed by atoms with Crippen LogP contribution in [0, 0.1) is 0 Å². The molecule has 0 unspecified atom stereocenters. The zero-order valence-corrected chi connectivity index (χ0v) is 15.5. The molecule has 0 aliphatic rings. The lowest BCUT2D eigenvalue weighted by atomic mass is 10.3. The van der Waals surface area contributed by atoms with Gasteiger partial charge in [0.2, 0.25) is 0 Å². The molecule has 1 amide bonds. The summed E-state index contributed by atoms with van der Waals surface area (Å²) >= 11 is 12.0. The van der Waals surface area contributed by atoms with E-state index in [2.05, 4.69) is 10.4 Å². The van der Waals surface area contributed by atoms with E-state index in [1.165, 1.54) is 0 Å². The molecule has 0 aliphatic carbocycles. The number of furan rings is 1. The lowest BCUT2D eigenvalue weighted by Crippen LogP contribution is -2.22. The Hall–Kier alpha value is -2.44. The van der Waals surface area contributed by atoms with Gasteiger partial charge in [-0.25, -0.2) is 0 Å². The Labute approximate surface area is 160 Å². The van der Waals surface area contributed by atoms with Crippen molar-refractivity contribution in [3.05, 3.63) is 69.9 Å². The third-order valence-corrected chi connectivity index (χ3v) is 4.44. The Balaban J connectivity index is 1.55. The molecule has 0 atom stereocenters. The van der Waals surface area contributed by atoms with E-state index in [-0.39, 0.29) is 18.3 Å². The lowest BCUT2D eigenvalue weighted by Gasteiger charge is -2.07. The molecule has 3 aromatic rings. The summed E-state index contributed by atoms with van der Waals surface area (Å²) in [6.45, 7) is 3.30. The number of amides is 1. The van der Waals surface area contributed by atoms with E-state index in [9.17, 15) is 4.79 Å². The Morgan fingerprint density at radius 2 is 2.15 bits per heavy atom. The minimum atomic E-state index is -0.304. The minimum absolute atomic E-state index is 0.136. The highest BCUT2D eigenvalue weighted by molar-refractivity contribution is 6.42. The molecule has 0 fully saturated rings. The quantitative estimate of drug-likeness (QED) is 0.648. The summed E-state index contributed by atoms with van der Waals surface area (Å²) in [6.07, 6.45) is 3.61. The molecule has 1 N–H and O–H groups in total. The van der Waals surface area contributed by atoms with Gasteiger partial charge in [-0.2, -0.15) is 5.10 Å². The molecule has 8 heteroatoms. The number of hydrogen-bond donors (Lipinski definition) is 1. The number of aryl methyl sites for hydroxylation is 1. The smallest absolute Gasteiger partial charge is 0.287 e. The molecule has 0 saturated carbocycles. The number of benzene rings is 1. The number of nitrogens with zero attached hydrogens (tertiary/aromatic N) is 2. The van der Waals surface area contributed by atoms with E-state index < -0.39 is 0 Å². The van der Waals surface area contributed by atoms with Crippen molar-refractivity contribution in [3.63, 3.8) is 0 Å². The van der Waals surface area contributed by atoms with Crippen molar-refractivity contribution >= 4 is 29.1 Å². The summed E-state index contributed by atoms with van der Waals surface area (Å²) in [5.41, 5.74) is 0.922. The topological polar surface area (TPSA) is 69.3 Å². The first-order valence-corrected chi connectivity index (χ1v) is 8.77. The first-order chi connectivity index (χ1) is 12.6. The summed E-state index contributed by atoms with van der Waals surface area (Å²) in [7, 11) is 0. The van der Waals surface area contributed by atoms with Crippen LogP contribution in [-0.4, -0.2) is 15.7 Å². The second-order valence-electron chi connectivity index (χ2n) is 5.49. The number of halogens is 2. The third-order valence-electron chi connectivity index (χ3n) is 3.64. The number of carbonyl (C=O) groups is 1. The number of aromatic nitrogens is 2. The molecule has 0 radical (unpaired) electrons. The summed E-state index contributed by atoms with van der Waals surface area (Å²) in [5.74, 6) is 0.865. The van der Waals surface area contributed by atoms with Gasteiger partial charge in [0, 0.05) is 24.8 Å². The number of ether oxygens (including phenoxy) is 1. The van der Waals surface area contributed by atoms with Crippen LogP contribution in [0.3, 0.4) is 0 Å². The van der Waals surface area contributed by atoms with Crippen LogP contribution in [0.5, 0.6) is 5.75 Å². The molecule has 0 spiro atoms. The monoisotopic (exact) mass is 393 g/mol. The Bertz CT molecular complexity index is 905. The Morgan fingerprint density at radius 1 is 1.31 bits per heavy atom. The number of hydrogen-bond acceptors (Lipinski definition) is 4. The fourth-order valence-electron chi connectivity index (χ4n) is 2.26. The highest BCUT2D eigenvalue weighted by Crippen LogP contribution is 2.32. The first kappa shape index (κ1) is 18.4. The van der Waals surface area contributed by atoms with Crippen molar-refractivity contribution in [2.45, 2.75) is 26.6 Å². The van der Waals surface area contributed by atoms with Crippen molar-refractivity contribution < 1.29 is 13.9 Å². The molecule has 2 heterocycles. The number of rotatable bonds is 7. The zero-order valence-electron chi connectivity index (χ0n) is 14.0. The van der Waals surface area contributed by atoms with Crippen molar-refractivity contribution in [1.82, 2.24) is 15.1 Å². The molecule has 26 heavy (non-hydrogen) atoms.